The zero-order valence-corrected chi connectivity index (χ0v) is 19.8. The van der Waals surface area contributed by atoms with Gasteiger partial charge in [-0.1, -0.05) is 25.4 Å². The predicted molar refractivity (Wildman–Crippen MR) is 118 cm³/mol. The van der Waals surface area contributed by atoms with E-state index >= 15 is 0 Å². The SMILES string of the molecule is CCN(CC)S(=O)(=O)c1ccc(O)c(NC(=O)c2cc(S(=O)(=O)N(C)C)ccc2Cl)c1. The van der Waals surface area contributed by atoms with Crippen LogP contribution in [0.5, 0.6) is 5.75 Å². The highest BCUT2D eigenvalue weighted by Crippen LogP contribution is 2.30. The lowest BCUT2D eigenvalue weighted by Gasteiger charge is -2.19. The van der Waals surface area contributed by atoms with Crippen molar-refractivity contribution in [2.45, 2.75) is 23.6 Å². The number of sulfonamides is 2. The summed E-state index contributed by atoms with van der Waals surface area (Å²) in [5, 5.41) is 12.5. The molecule has 2 aromatic rings. The Morgan fingerprint density at radius 3 is 2.06 bits per heavy atom. The number of hydrogen-bond donors (Lipinski definition) is 2. The van der Waals surface area contributed by atoms with Crippen molar-refractivity contribution in [1.29, 1.82) is 0 Å². The second kappa shape index (κ2) is 9.53. The lowest BCUT2D eigenvalue weighted by molar-refractivity contribution is 0.102. The fourth-order valence-corrected chi connectivity index (χ4v) is 5.34. The van der Waals surface area contributed by atoms with Crippen LogP contribution in [0.2, 0.25) is 5.02 Å². The molecule has 0 atom stereocenters. The zero-order valence-electron chi connectivity index (χ0n) is 17.5. The summed E-state index contributed by atoms with van der Waals surface area (Å²) in [5.74, 6) is -1.17. The topological polar surface area (TPSA) is 124 Å². The van der Waals surface area contributed by atoms with Crippen molar-refractivity contribution in [3.63, 3.8) is 0 Å². The molecule has 9 nitrogen and oxygen atoms in total. The average Bonchev–Trinajstić information content (AvgIpc) is 2.70. The van der Waals surface area contributed by atoms with Crippen LogP contribution in [0.25, 0.3) is 0 Å². The lowest BCUT2D eigenvalue weighted by Crippen LogP contribution is -2.30. The van der Waals surface area contributed by atoms with Crippen molar-refractivity contribution in [3.8, 4) is 5.75 Å². The second-order valence-electron chi connectivity index (χ2n) is 6.65. The Hall–Kier alpha value is -2.18. The van der Waals surface area contributed by atoms with Gasteiger partial charge in [0.15, 0.2) is 0 Å². The molecule has 0 fully saturated rings. The van der Waals surface area contributed by atoms with Gasteiger partial charge < -0.3 is 10.4 Å². The monoisotopic (exact) mass is 489 g/mol. The normalized spacial score (nSPS) is 12.4. The van der Waals surface area contributed by atoms with Crippen LogP contribution in [0.4, 0.5) is 5.69 Å². The third kappa shape index (κ3) is 5.18. The number of phenolic OH excluding ortho intramolecular Hbond substituents is 1. The van der Waals surface area contributed by atoms with Crippen molar-refractivity contribution < 1.29 is 26.7 Å². The summed E-state index contributed by atoms with van der Waals surface area (Å²) < 4.78 is 52.4. The summed E-state index contributed by atoms with van der Waals surface area (Å²) in [7, 11) is -4.93. The third-order valence-electron chi connectivity index (χ3n) is 4.52. The van der Waals surface area contributed by atoms with E-state index in [1.54, 1.807) is 13.8 Å². The Balaban J connectivity index is 2.45. The lowest BCUT2D eigenvalue weighted by atomic mass is 10.2. The average molecular weight is 490 g/mol. The number of aromatic hydroxyl groups is 1. The van der Waals surface area contributed by atoms with Gasteiger partial charge in [0, 0.05) is 27.2 Å². The van der Waals surface area contributed by atoms with Crippen LogP contribution in [0, 0.1) is 0 Å². The highest BCUT2D eigenvalue weighted by molar-refractivity contribution is 7.89. The molecule has 0 radical (unpaired) electrons. The number of phenols is 1. The van der Waals surface area contributed by atoms with E-state index in [2.05, 4.69) is 5.32 Å². The molecule has 0 heterocycles. The summed E-state index contributed by atoms with van der Waals surface area (Å²) in [6.07, 6.45) is 0. The first kappa shape index (κ1) is 25.1. The van der Waals surface area contributed by atoms with Crippen LogP contribution >= 0.6 is 11.6 Å². The van der Waals surface area contributed by atoms with E-state index in [9.17, 15) is 26.7 Å². The predicted octanol–water partition coefficient (Wildman–Crippen LogP) is 2.58. The smallest absolute Gasteiger partial charge is 0.257 e. The minimum absolute atomic E-state index is 0.0124. The van der Waals surface area contributed by atoms with Gasteiger partial charge in [0.1, 0.15) is 5.75 Å². The zero-order chi connectivity index (χ0) is 23.6. The van der Waals surface area contributed by atoms with E-state index in [-0.39, 0.29) is 44.9 Å². The molecule has 170 valence electrons. The van der Waals surface area contributed by atoms with E-state index in [1.165, 1.54) is 36.6 Å². The molecule has 0 aliphatic carbocycles. The van der Waals surface area contributed by atoms with E-state index < -0.39 is 26.0 Å². The molecule has 0 aliphatic heterocycles. The van der Waals surface area contributed by atoms with E-state index in [0.29, 0.717) is 0 Å². The van der Waals surface area contributed by atoms with Crippen molar-refractivity contribution in [2.75, 3.05) is 32.5 Å². The second-order valence-corrected chi connectivity index (χ2v) is 11.1. The number of benzene rings is 2. The molecule has 31 heavy (non-hydrogen) atoms. The number of carbonyl (C=O) groups excluding carboxylic acids is 1. The molecular formula is C19H24ClN3O6S2. The molecule has 0 unspecified atom stereocenters. The molecule has 0 aliphatic rings. The van der Waals surface area contributed by atoms with Crippen LogP contribution < -0.4 is 5.32 Å². The standard InChI is InChI=1S/C19H24ClN3O6S2/c1-5-23(6-2)31(28,29)14-8-10-18(24)17(12-14)21-19(25)15-11-13(7-9-16(15)20)30(26,27)22(3)4/h7-12,24H,5-6H2,1-4H3,(H,21,25). The first-order chi connectivity index (χ1) is 14.4. The largest absolute Gasteiger partial charge is 0.506 e. The minimum Gasteiger partial charge on any atom is -0.506 e. The summed E-state index contributed by atoms with van der Waals surface area (Å²) in [6.45, 7) is 3.90. The Kier molecular flexibility index (Phi) is 7.71. The number of rotatable bonds is 8. The molecule has 2 aromatic carbocycles. The molecule has 0 spiro atoms. The van der Waals surface area contributed by atoms with Gasteiger partial charge in [-0.2, -0.15) is 4.31 Å². The van der Waals surface area contributed by atoms with Gasteiger partial charge in [-0.15, -0.1) is 0 Å². The molecular weight excluding hydrogens is 466 g/mol. The van der Waals surface area contributed by atoms with Gasteiger partial charge in [0.05, 0.1) is 26.1 Å². The van der Waals surface area contributed by atoms with Gasteiger partial charge in [-0.25, -0.2) is 21.1 Å². The summed E-state index contributed by atoms with van der Waals surface area (Å²) in [4.78, 5) is 12.5. The van der Waals surface area contributed by atoms with E-state index in [0.717, 1.165) is 22.5 Å². The molecule has 2 N–H and O–H groups in total. The number of amides is 1. The van der Waals surface area contributed by atoms with Gasteiger partial charge in [0.2, 0.25) is 20.0 Å². The summed E-state index contributed by atoms with van der Waals surface area (Å²) in [5.41, 5.74) is -0.309. The highest BCUT2D eigenvalue weighted by Gasteiger charge is 2.24. The summed E-state index contributed by atoms with van der Waals surface area (Å²) >= 11 is 6.08. The highest BCUT2D eigenvalue weighted by atomic mass is 35.5. The molecule has 0 bridgehead atoms. The van der Waals surface area contributed by atoms with Crippen LogP contribution in [-0.4, -0.2) is 63.6 Å². The number of nitrogens with one attached hydrogen (secondary N) is 1. The first-order valence-electron chi connectivity index (χ1n) is 9.22. The molecule has 12 heteroatoms. The maximum Gasteiger partial charge on any atom is 0.257 e. The third-order valence-corrected chi connectivity index (χ3v) is 8.71. The van der Waals surface area contributed by atoms with Crippen LogP contribution in [-0.2, 0) is 20.0 Å². The number of nitrogens with zero attached hydrogens (tertiary/aromatic N) is 2. The molecule has 2 rings (SSSR count). The first-order valence-corrected chi connectivity index (χ1v) is 12.5. The molecule has 0 saturated carbocycles. The summed E-state index contributed by atoms with van der Waals surface area (Å²) in [6, 6.07) is 7.17. The number of anilines is 1. The van der Waals surface area contributed by atoms with Crippen molar-refractivity contribution in [2.24, 2.45) is 0 Å². The number of carbonyl (C=O) groups is 1. The van der Waals surface area contributed by atoms with Crippen LogP contribution in [0.15, 0.2) is 46.2 Å². The maximum absolute atomic E-state index is 12.8. The molecule has 0 aromatic heterocycles. The van der Waals surface area contributed by atoms with Gasteiger partial charge in [0.25, 0.3) is 5.91 Å². The van der Waals surface area contributed by atoms with E-state index in [4.69, 9.17) is 11.6 Å². The quantitative estimate of drug-likeness (QED) is 0.549. The Labute approximate surface area is 187 Å². The van der Waals surface area contributed by atoms with Gasteiger partial charge in [-0.3, -0.25) is 4.79 Å². The van der Waals surface area contributed by atoms with Gasteiger partial charge >= 0.3 is 0 Å². The Morgan fingerprint density at radius 2 is 1.52 bits per heavy atom. The molecule has 1 amide bonds. The maximum atomic E-state index is 12.8. The Morgan fingerprint density at radius 1 is 0.968 bits per heavy atom. The van der Waals surface area contributed by atoms with Crippen LogP contribution in [0.3, 0.4) is 0 Å². The Bertz CT molecular complexity index is 1190. The number of hydrogen-bond acceptors (Lipinski definition) is 6. The fraction of sp³-hybridized carbons (Fsp3) is 0.316. The van der Waals surface area contributed by atoms with E-state index in [1.807, 2.05) is 0 Å². The van der Waals surface area contributed by atoms with Crippen molar-refractivity contribution in [3.05, 3.63) is 47.0 Å². The minimum atomic E-state index is -3.82. The number of halogens is 1. The van der Waals surface area contributed by atoms with Gasteiger partial charge in [-0.05, 0) is 36.4 Å². The fourth-order valence-electron chi connectivity index (χ4n) is 2.73. The van der Waals surface area contributed by atoms with Crippen molar-refractivity contribution >= 4 is 43.2 Å². The molecule has 0 saturated heterocycles. The van der Waals surface area contributed by atoms with Crippen LogP contribution in [0.1, 0.15) is 24.2 Å². The van der Waals surface area contributed by atoms with Crippen molar-refractivity contribution in [1.82, 2.24) is 8.61 Å².